The van der Waals surface area contributed by atoms with Crippen LogP contribution in [0.15, 0.2) is 0 Å². The second kappa shape index (κ2) is 9.00. The molecule has 5 heteroatoms. The van der Waals surface area contributed by atoms with Gasteiger partial charge in [0.1, 0.15) is 0 Å². The van der Waals surface area contributed by atoms with E-state index in [0.29, 0.717) is 18.4 Å². The van der Waals surface area contributed by atoms with Gasteiger partial charge in [-0.3, -0.25) is 9.69 Å². The molecule has 2 saturated heterocycles. The van der Waals surface area contributed by atoms with Crippen LogP contribution in [0.25, 0.3) is 0 Å². The molecule has 0 N–H and O–H groups in total. The van der Waals surface area contributed by atoms with Crippen LogP contribution in [0.1, 0.15) is 39.0 Å². The van der Waals surface area contributed by atoms with E-state index < -0.39 is 0 Å². The number of carbonyl (C=O) groups excluding carboxylic acids is 1. The minimum absolute atomic E-state index is 0.0733. The molecule has 0 saturated carbocycles. The molecule has 0 unspecified atom stereocenters. The van der Waals surface area contributed by atoms with Gasteiger partial charge in [0.05, 0.1) is 7.11 Å². The van der Waals surface area contributed by atoms with E-state index in [-0.39, 0.29) is 5.97 Å². The molecule has 2 fully saturated rings. The summed E-state index contributed by atoms with van der Waals surface area (Å²) in [5, 5.41) is 0. The highest BCUT2D eigenvalue weighted by Crippen LogP contribution is 2.28. The number of hydrogen-bond donors (Lipinski definition) is 0. The molecular formula is C18H35N3O2. The van der Waals surface area contributed by atoms with Crippen LogP contribution in [0.5, 0.6) is 0 Å². The van der Waals surface area contributed by atoms with Gasteiger partial charge in [-0.05, 0) is 71.9 Å². The lowest BCUT2D eigenvalue weighted by atomic mass is 9.86. The van der Waals surface area contributed by atoms with Crippen molar-refractivity contribution in [2.45, 2.75) is 51.1 Å². The molecular weight excluding hydrogens is 290 g/mol. The normalized spacial score (nSPS) is 28.2. The largest absolute Gasteiger partial charge is 0.469 e. The molecule has 2 aliphatic rings. The topological polar surface area (TPSA) is 36.0 Å². The van der Waals surface area contributed by atoms with Crippen molar-refractivity contribution in [3.05, 3.63) is 0 Å². The second-order valence-electron chi connectivity index (χ2n) is 7.35. The minimum atomic E-state index is -0.0733. The van der Waals surface area contributed by atoms with E-state index in [4.69, 9.17) is 4.74 Å². The fourth-order valence-electron chi connectivity index (χ4n) is 4.35. The molecule has 5 nitrogen and oxygen atoms in total. The molecule has 0 aliphatic carbocycles. The van der Waals surface area contributed by atoms with Crippen molar-refractivity contribution in [1.82, 2.24) is 14.7 Å². The SMILES string of the molecule is CCN1CCC(N2CC[C@@H](N(C)C)[C@@H](CCC(=O)OC)C2)CC1. The van der Waals surface area contributed by atoms with Crippen molar-refractivity contribution in [2.24, 2.45) is 5.92 Å². The van der Waals surface area contributed by atoms with Crippen LogP contribution in [0.2, 0.25) is 0 Å². The minimum Gasteiger partial charge on any atom is -0.469 e. The number of hydrogen-bond acceptors (Lipinski definition) is 5. The zero-order chi connectivity index (χ0) is 16.8. The summed E-state index contributed by atoms with van der Waals surface area (Å²) in [6, 6.07) is 1.33. The van der Waals surface area contributed by atoms with Crippen molar-refractivity contribution < 1.29 is 9.53 Å². The lowest BCUT2D eigenvalue weighted by molar-refractivity contribution is -0.141. The second-order valence-corrected chi connectivity index (χ2v) is 7.35. The van der Waals surface area contributed by atoms with Crippen LogP contribution in [-0.2, 0) is 9.53 Å². The first-order valence-electron chi connectivity index (χ1n) is 9.24. The Hall–Kier alpha value is -0.650. The first-order chi connectivity index (χ1) is 11.0. The van der Waals surface area contributed by atoms with Crippen LogP contribution >= 0.6 is 0 Å². The van der Waals surface area contributed by atoms with Gasteiger partial charge in [-0.1, -0.05) is 6.92 Å². The molecule has 0 aromatic rings. The number of nitrogens with zero attached hydrogens (tertiary/aromatic N) is 3. The van der Waals surface area contributed by atoms with Gasteiger partial charge in [0.15, 0.2) is 0 Å². The standard InChI is InChI=1S/C18H35N3O2/c1-5-20-11-8-16(9-12-20)21-13-10-17(19(2)3)15(14-21)6-7-18(22)23-4/h15-17H,5-14H2,1-4H3/t15-,17+/m0/s1. The van der Waals surface area contributed by atoms with Crippen molar-refractivity contribution in [2.75, 3.05) is 53.9 Å². The highest BCUT2D eigenvalue weighted by atomic mass is 16.5. The Kier molecular flexibility index (Phi) is 7.31. The quantitative estimate of drug-likeness (QED) is 0.694. The molecule has 0 radical (unpaired) electrons. The van der Waals surface area contributed by atoms with E-state index in [0.717, 1.165) is 19.0 Å². The maximum absolute atomic E-state index is 11.5. The summed E-state index contributed by atoms with van der Waals surface area (Å²) < 4.78 is 4.83. The molecule has 2 heterocycles. The molecule has 2 atom stereocenters. The number of carbonyl (C=O) groups is 1. The van der Waals surface area contributed by atoms with E-state index in [1.807, 2.05) is 0 Å². The Labute approximate surface area is 141 Å². The van der Waals surface area contributed by atoms with Crippen molar-refractivity contribution >= 4 is 5.97 Å². The van der Waals surface area contributed by atoms with Crippen LogP contribution < -0.4 is 0 Å². The van der Waals surface area contributed by atoms with Crippen molar-refractivity contribution in [3.8, 4) is 0 Å². The molecule has 134 valence electrons. The monoisotopic (exact) mass is 325 g/mol. The summed E-state index contributed by atoms with van der Waals surface area (Å²) in [6.07, 6.45) is 5.30. The Morgan fingerprint density at radius 3 is 2.43 bits per heavy atom. The fourth-order valence-corrected chi connectivity index (χ4v) is 4.35. The molecule has 0 aromatic carbocycles. The lowest BCUT2D eigenvalue weighted by Gasteiger charge is -2.46. The van der Waals surface area contributed by atoms with Gasteiger partial charge in [-0.15, -0.1) is 0 Å². The molecule has 0 aromatic heterocycles. The first-order valence-corrected chi connectivity index (χ1v) is 9.24. The van der Waals surface area contributed by atoms with Gasteiger partial charge in [-0.2, -0.15) is 0 Å². The van der Waals surface area contributed by atoms with E-state index in [1.165, 1.54) is 52.6 Å². The Morgan fingerprint density at radius 2 is 1.87 bits per heavy atom. The summed E-state index contributed by atoms with van der Waals surface area (Å²) in [5.41, 5.74) is 0. The number of methoxy groups -OCH3 is 1. The van der Waals surface area contributed by atoms with Gasteiger partial charge in [-0.25, -0.2) is 0 Å². The molecule has 0 spiro atoms. The third-order valence-electron chi connectivity index (χ3n) is 5.86. The van der Waals surface area contributed by atoms with Crippen LogP contribution in [0.4, 0.5) is 0 Å². The van der Waals surface area contributed by atoms with E-state index in [2.05, 4.69) is 35.7 Å². The number of piperidine rings is 2. The van der Waals surface area contributed by atoms with Crippen LogP contribution in [-0.4, -0.2) is 86.7 Å². The van der Waals surface area contributed by atoms with Crippen molar-refractivity contribution in [1.29, 1.82) is 0 Å². The Bertz CT molecular complexity index is 367. The summed E-state index contributed by atoms with van der Waals surface area (Å²) in [7, 11) is 5.83. The van der Waals surface area contributed by atoms with E-state index in [1.54, 1.807) is 0 Å². The Morgan fingerprint density at radius 1 is 1.17 bits per heavy atom. The fraction of sp³-hybridized carbons (Fsp3) is 0.944. The molecule has 23 heavy (non-hydrogen) atoms. The number of likely N-dealkylation sites (tertiary alicyclic amines) is 2. The number of esters is 1. The maximum atomic E-state index is 11.5. The average molecular weight is 325 g/mol. The van der Waals surface area contributed by atoms with Crippen molar-refractivity contribution in [3.63, 3.8) is 0 Å². The predicted octanol–water partition coefficient (Wildman–Crippen LogP) is 1.68. The molecule has 0 bridgehead atoms. The summed E-state index contributed by atoms with van der Waals surface area (Å²) in [5.74, 6) is 0.498. The zero-order valence-electron chi connectivity index (χ0n) is 15.5. The van der Waals surface area contributed by atoms with Gasteiger partial charge in [0.2, 0.25) is 0 Å². The predicted molar refractivity (Wildman–Crippen MR) is 93.5 cm³/mol. The van der Waals surface area contributed by atoms with Gasteiger partial charge in [0, 0.05) is 25.0 Å². The number of ether oxygens (including phenoxy) is 1. The molecule has 2 rings (SSSR count). The van der Waals surface area contributed by atoms with Gasteiger partial charge in [0.25, 0.3) is 0 Å². The van der Waals surface area contributed by atoms with Gasteiger partial charge < -0.3 is 14.5 Å². The number of rotatable bonds is 6. The van der Waals surface area contributed by atoms with E-state index in [9.17, 15) is 4.79 Å². The highest BCUT2D eigenvalue weighted by Gasteiger charge is 2.34. The summed E-state index contributed by atoms with van der Waals surface area (Å²) >= 11 is 0. The summed E-state index contributed by atoms with van der Waals surface area (Å²) in [6.45, 7) is 8.25. The third-order valence-corrected chi connectivity index (χ3v) is 5.86. The lowest BCUT2D eigenvalue weighted by Crippen LogP contribution is -2.54. The Balaban J connectivity index is 1.90. The smallest absolute Gasteiger partial charge is 0.305 e. The van der Waals surface area contributed by atoms with Crippen LogP contribution in [0.3, 0.4) is 0 Å². The van der Waals surface area contributed by atoms with Gasteiger partial charge >= 0.3 is 5.97 Å². The first kappa shape index (κ1) is 18.7. The average Bonchev–Trinajstić information content (AvgIpc) is 2.59. The molecule has 2 aliphatic heterocycles. The van der Waals surface area contributed by atoms with Crippen LogP contribution in [0, 0.1) is 5.92 Å². The molecule has 0 amide bonds. The zero-order valence-corrected chi connectivity index (χ0v) is 15.5. The summed E-state index contributed by atoms with van der Waals surface area (Å²) in [4.78, 5) is 19.1. The highest BCUT2D eigenvalue weighted by molar-refractivity contribution is 5.69. The van der Waals surface area contributed by atoms with E-state index >= 15 is 0 Å². The third kappa shape index (κ3) is 5.16. The maximum Gasteiger partial charge on any atom is 0.305 e.